The van der Waals surface area contributed by atoms with Crippen molar-refractivity contribution >= 4 is 11.9 Å². The van der Waals surface area contributed by atoms with Crippen molar-refractivity contribution in [2.45, 2.75) is 231 Å². The van der Waals surface area contributed by atoms with Gasteiger partial charge in [0, 0.05) is 12.8 Å². The van der Waals surface area contributed by atoms with Crippen LogP contribution >= 0.6 is 0 Å². The number of ether oxygens (including phenoxy) is 3. The maximum atomic E-state index is 12.5. The van der Waals surface area contributed by atoms with E-state index in [0.29, 0.717) is 0 Å². The molecule has 2 N–H and O–H groups in total. The summed E-state index contributed by atoms with van der Waals surface area (Å²) in [5, 5.41) is 20.3. The summed E-state index contributed by atoms with van der Waals surface area (Å²) in [6, 6.07) is 0. The molecule has 0 aromatic rings. The van der Waals surface area contributed by atoms with E-state index in [0.717, 1.165) is 38.5 Å². The van der Waals surface area contributed by atoms with E-state index in [-0.39, 0.29) is 31.4 Å². The molecule has 0 aromatic heterocycles. The van der Waals surface area contributed by atoms with Crippen LogP contribution in [0.2, 0.25) is 0 Å². The molecule has 7 nitrogen and oxygen atoms in total. The first-order valence-corrected chi connectivity index (χ1v) is 20.3. The average molecular weight is 669 g/mol. The van der Waals surface area contributed by atoms with Gasteiger partial charge in [-0.3, -0.25) is 9.59 Å². The quantitative estimate of drug-likeness (QED) is 0.0520. The highest BCUT2D eigenvalue weighted by Gasteiger charge is 2.45. The van der Waals surface area contributed by atoms with Gasteiger partial charge in [0.1, 0.15) is 12.2 Å². The Labute approximate surface area is 289 Å². The zero-order valence-electron chi connectivity index (χ0n) is 30.9. The molecular weight excluding hydrogens is 592 g/mol. The van der Waals surface area contributed by atoms with E-state index in [4.69, 9.17) is 14.2 Å². The highest BCUT2D eigenvalue weighted by Crippen LogP contribution is 2.24. The van der Waals surface area contributed by atoms with Crippen molar-refractivity contribution in [1.82, 2.24) is 0 Å². The third-order valence-electron chi connectivity index (χ3n) is 9.73. The molecule has 1 aliphatic heterocycles. The molecule has 0 amide bonds. The number of hydrogen-bond acceptors (Lipinski definition) is 7. The van der Waals surface area contributed by atoms with Gasteiger partial charge in [-0.2, -0.15) is 0 Å². The molecule has 4 atom stereocenters. The molecule has 1 fully saturated rings. The van der Waals surface area contributed by atoms with Crippen LogP contribution in [0, 0.1) is 0 Å². The molecule has 1 rings (SSSR count). The van der Waals surface area contributed by atoms with Gasteiger partial charge in [0.15, 0.2) is 12.2 Å². The fraction of sp³-hybridized carbons (Fsp3) is 0.950. The van der Waals surface area contributed by atoms with Crippen LogP contribution < -0.4 is 0 Å². The van der Waals surface area contributed by atoms with E-state index in [1.165, 1.54) is 141 Å². The summed E-state index contributed by atoms with van der Waals surface area (Å²) < 4.78 is 16.7. The molecule has 1 aliphatic rings. The lowest BCUT2D eigenvalue weighted by atomic mass is 10.0. The molecule has 0 radical (unpaired) electrons. The maximum absolute atomic E-state index is 12.5. The highest BCUT2D eigenvalue weighted by atomic mass is 16.6. The predicted octanol–water partition coefficient (Wildman–Crippen LogP) is 10.3. The predicted molar refractivity (Wildman–Crippen MR) is 192 cm³/mol. The first-order chi connectivity index (χ1) is 23.0. The molecule has 1 saturated heterocycles. The molecular formula is C40H76O7. The average Bonchev–Trinajstić information content (AvgIpc) is 3.42. The van der Waals surface area contributed by atoms with Crippen molar-refractivity contribution in [2.24, 2.45) is 0 Å². The Morgan fingerprint density at radius 3 is 1.28 bits per heavy atom. The topological polar surface area (TPSA) is 102 Å². The van der Waals surface area contributed by atoms with Gasteiger partial charge in [0.05, 0.1) is 13.2 Å². The lowest BCUT2D eigenvalue weighted by Gasteiger charge is -2.27. The van der Waals surface area contributed by atoms with E-state index in [9.17, 15) is 19.8 Å². The zero-order valence-corrected chi connectivity index (χ0v) is 30.9. The number of hydrogen-bond donors (Lipinski definition) is 2. The SMILES string of the molecule is CCCCCCCCCCCCCCCCCC(=O)O[C@H]1[C@@H]([C@@H](CO)OC(=O)CCCCCCCCCCCCCCC)OC[C@@H]1O. The standard InChI is InChI=1S/C40H76O7/c1-3-5-7-9-11-13-15-17-18-20-22-24-26-28-30-32-38(44)47-39-35(42)34-45-40(39)36(33-41)46-37(43)31-29-27-25-23-21-19-16-14-12-10-8-6-4-2/h35-36,39-42H,3-34H2,1-2H3/t35-,36+,39+,40+/m0/s1. The molecule has 0 spiro atoms. The van der Waals surface area contributed by atoms with E-state index in [2.05, 4.69) is 13.8 Å². The van der Waals surface area contributed by atoms with Gasteiger partial charge >= 0.3 is 11.9 Å². The monoisotopic (exact) mass is 669 g/mol. The van der Waals surface area contributed by atoms with Crippen molar-refractivity contribution in [3.63, 3.8) is 0 Å². The van der Waals surface area contributed by atoms with Crippen molar-refractivity contribution in [3.8, 4) is 0 Å². The number of rotatable bonds is 34. The third-order valence-corrected chi connectivity index (χ3v) is 9.73. The van der Waals surface area contributed by atoms with Crippen LogP contribution in [0.4, 0.5) is 0 Å². The summed E-state index contributed by atoms with van der Waals surface area (Å²) in [5.74, 6) is -0.769. The Hall–Kier alpha value is -1.18. The van der Waals surface area contributed by atoms with Crippen LogP contribution in [0.25, 0.3) is 0 Å². The number of esters is 2. The van der Waals surface area contributed by atoms with Crippen molar-refractivity contribution in [1.29, 1.82) is 0 Å². The first-order valence-electron chi connectivity index (χ1n) is 20.3. The fourth-order valence-corrected chi connectivity index (χ4v) is 6.66. The third kappa shape index (κ3) is 24.6. The second-order valence-corrected chi connectivity index (χ2v) is 14.2. The highest BCUT2D eigenvalue weighted by molar-refractivity contribution is 5.70. The number of carbonyl (C=O) groups is 2. The normalized spacial score (nSPS) is 18.4. The fourth-order valence-electron chi connectivity index (χ4n) is 6.66. The van der Waals surface area contributed by atoms with Crippen LogP contribution in [0.5, 0.6) is 0 Å². The molecule has 0 aromatic carbocycles. The Morgan fingerprint density at radius 1 is 0.574 bits per heavy atom. The second-order valence-electron chi connectivity index (χ2n) is 14.2. The molecule has 0 saturated carbocycles. The largest absolute Gasteiger partial charge is 0.457 e. The molecule has 0 bridgehead atoms. The van der Waals surface area contributed by atoms with Crippen LogP contribution in [0.3, 0.4) is 0 Å². The number of unbranched alkanes of at least 4 members (excludes halogenated alkanes) is 26. The van der Waals surface area contributed by atoms with Gasteiger partial charge in [-0.1, -0.05) is 181 Å². The smallest absolute Gasteiger partial charge is 0.306 e. The lowest BCUT2D eigenvalue weighted by Crippen LogP contribution is -2.45. The van der Waals surface area contributed by atoms with Crippen molar-refractivity contribution in [3.05, 3.63) is 0 Å². The molecule has 47 heavy (non-hydrogen) atoms. The lowest BCUT2D eigenvalue weighted by molar-refractivity contribution is -0.171. The first kappa shape index (κ1) is 43.8. The van der Waals surface area contributed by atoms with Crippen LogP contribution in [-0.2, 0) is 23.8 Å². The van der Waals surface area contributed by atoms with Gasteiger partial charge in [0.2, 0.25) is 0 Å². The van der Waals surface area contributed by atoms with Gasteiger partial charge in [-0.15, -0.1) is 0 Å². The van der Waals surface area contributed by atoms with E-state index in [1.807, 2.05) is 0 Å². The summed E-state index contributed by atoms with van der Waals surface area (Å²) in [6.45, 7) is 4.05. The molecule has 0 unspecified atom stereocenters. The summed E-state index contributed by atoms with van der Waals surface area (Å²) in [4.78, 5) is 25.0. The van der Waals surface area contributed by atoms with Crippen molar-refractivity contribution < 1.29 is 34.0 Å². The summed E-state index contributed by atoms with van der Waals surface area (Å²) >= 11 is 0. The minimum atomic E-state index is -1.00. The van der Waals surface area contributed by atoms with Gasteiger partial charge in [-0.05, 0) is 12.8 Å². The molecule has 0 aliphatic carbocycles. The Kier molecular flexibility index (Phi) is 29.9. The molecule has 1 heterocycles. The van der Waals surface area contributed by atoms with Crippen LogP contribution in [0.15, 0.2) is 0 Å². The molecule has 278 valence electrons. The van der Waals surface area contributed by atoms with E-state index in [1.54, 1.807) is 0 Å². The second kappa shape index (κ2) is 32.0. The Balaban J connectivity index is 2.10. The Morgan fingerprint density at radius 2 is 0.915 bits per heavy atom. The molecule has 7 heteroatoms. The van der Waals surface area contributed by atoms with Crippen LogP contribution in [-0.4, -0.2) is 59.8 Å². The Bertz CT molecular complexity index is 715. The maximum Gasteiger partial charge on any atom is 0.306 e. The van der Waals surface area contributed by atoms with Gasteiger partial charge in [0.25, 0.3) is 0 Å². The summed E-state index contributed by atoms with van der Waals surface area (Å²) in [5.41, 5.74) is 0. The summed E-state index contributed by atoms with van der Waals surface area (Å²) in [6.07, 6.45) is 31.8. The van der Waals surface area contributed by atoms with E-state index >= 15 is 0 Å². The minimum Gasteiger partial charge on any atom is -0.457 e. The number of aliphatic hydroxyl groups is 2. The van der Waals surface area contributed by atoms with Crippen molar-refractivity contribution in [2.75, 3.05) is 13.2 Å². The minimum absolute atomic E-state index is 0.0194. The van der Waals surface area contributed by atoms with Crippen LogP contribution in [0.1, 0.15) is 206 Å². The van der Waals surface area contributed by atoms with Gasteiger partial charge in [-0.25, -0.2) is 0 Å². The summed E-state index contributed by atoms with van der Waals surface area (Å²) in [7, 11) is 0. The zero-order chi connectivity index (χ0) is 34.2. The number of carbonyl (C=O) groups excluding carboxylic acids is 2. The van der Waals surface area contributed by atoms with E-state index < -0.39 is 31.0 Å². The van der Waals surface area contributed by atoms with Gasteiger partial charge < -0.3 is 24.4 Å². The number of aliphatic hydroxyl groups excluding tert-OH is 2.